The molecule has 2 aromatic carbocycles. The topological polar surface area (TPSA) is 37.3 Å². The molecule has 1 N–H and O–H groups in total. The van der Waals surface area contributed by atoms with Gasteiger partial charge in [-0.3, -0.25) is 4.79 Å². The second-order valence-electron chi connectivity index (χ2n) is 8.87. The number of hydrogen-bond acceptors (Lipinski definition) is 2. The summed E-state index contributed by atoms with van der Waals surface area (Å²) < 4.78 is 0. The van der Waals surface area contributed by atoms with Crippen LogP contribution in [-0.2, 0) is 11.2 Å². The molecule has 4 atom stereocenters. The third-order valence-corrected chi connectivity index (χ3v) is 7.49. The third-order valence-electron chi connectivity index (χ3n) is 7.49. The third kappa shape index (κ3) is 2.57. The number of hydrogen-bond donors (Lipinski definition) is 1. The molecule has 2 aromatic rings. The van der Waals surface area contributed by atoms with Crippen LogP contribution in [0.25, 0.3) is 6.08 Å². The number of rotatable bonds is 1. The van der Waals surface area contributed by atoms with Crippen molar-refractivity contribution in [1.82, 2.24) is 0 Å². The predicted octanol–water partition coefficient (Wildman–Crippen LogP) is 5.51. The number of aryl methyl sites for hydroxylation is 1. The van der Waals surface area contributed by atoms with E-state index in [9.17, 15) is 9.90 Å². The summed E-state index contributed by atoms with van der Waals surface area (Å²) in [6.07, 6.45) is 7.25. The Hall–Kier alpha value is -2.35. The molecule has 27 heavy (non-hydrogen) atoms. The van der Waals surface area contributed by atoms with Gasteiger partial charge in [-0.2, -0.15) is 0 Å². The largest absolute Gasteiger partial charge is 0.508 e. The molecule has 0 saturated heterocycles. The zero-order chi connectivity index (χ0) is 18.6. The van der Waals surface area contributed by atoms with E-state index < -0.39 is 0 Å². The minimum Gasteiger partial charge on any atom is -0.508 e. The highest BCUT2D eigenvalue weighted by molar-refractivity contribution is 6.06. The summed E-state index contributed by atoms with van der Waals surface area (Å²) in [5.41, 5.74) is 4.68. The van der Waals surface area contributed by atoms with Crippen molar-refractivity contribution in [2.45, 2.75) is 44.9 Å². The van der Waals surface area contributed by atoms with Crippen LogP contribution in [0, 0.1) is 17.3 Å². The molecular weight excluding hydrogens is 332 g/mol. The quantitative estimate of drug-likeness (QED) is 0.682. The van der Waals surface area contributed by atoms with E-state index in [2.05, 4.69) is 31.2 Å². The summed E-state index contributed by atoms with van der Waals surface area (Å²) in [6.45, 7) is 2.22. The van der Waals surface area contributed by atoms with Crippen LogP contribution in [0.15, 0.2) is 54.1 Å². The molecule has 2 nitrogen and oxygen atoms in total. The number of allylic oxidation sites excluding steroid dienone is 1. The smallest absolute Gasteiger partial charge is 0.165 e. The first-order chi connectivity index (χ1) is 13.1. The fourth-order valence-corrected chi connectivity index (χ4v) is 6.12. The Labute approximate surface area is 160 Å². The van der Waals surface area contributed by atoms with Crippen molar-refractivity contribution in [1.29, 1.82) is 0 Å². The number of carbonyl (C=O) groups is 1. The molecule has 2 fully saturated rings. The summed E-state index contributed by atoms with van der Waals surface area (Å²) in [5, 5.41) is 9.83. The number of phenolic OH excluding ortho intramolecular Hbond substituents is 1. The second kappa shape index (κ2) is 6.09. The second-order valence-corrected chi connectivity index (χ2v) is 8.87. The van der Waals surface area contributed by atoms with E-state index >= 15 is 0 Å². The monoisotopic (exact) mass is 358 g/mol. The fraction of sp³-hybridized carbons (Fsp3) is 0.400. The van der Waals surface area contributed by atoms with Gasteiger partial charge >= 0.3 is 0 Å². The average molecular weight is 358 g/mol. The number of benzene rings is 2. The van der Waals surface area contributed by atoms with Crippen molar-refractivity contribution >= 4 is 11.9 Å². The molecule has 5 rings (SSSR count). The molecule has 0 heterocycles. The maximum absolute atomic E-state index is 13.3. The van der Waals surface area contributed by atoms with E-state index in [1.807, 2.05) is 30.3 Å². The molecule has 0 spiro atoms. The van der Waals surface area contributed by atoms with E-state index in [4.69, 9.17) is 0 Å². The van der Waals surface area contributed by atoms with Crippen LogP contribution in [0.4, 0.5) is 0 Å². The molecule has 3 aliphatic carbocycles. The van der Waals surface area contributed by atoms with Crippen molar-refractivity contribution in [3.63, 3.8) is 0 Å². The first-order valence-corrected chi connectivity index (χ1v) is 10.2. The Morgan fingerprint density at radius 1 is 1.11 bits per heavy atom. The van der Waals surface area contributed by atoms with E-state index in [1.54, 1.807) is 0 Å². The van der Waals surface area contributed by atoms with Crippen LogP contribution in [0.1, 0.15) is 55.2 Å². The summed E-state index contributed by atoms with van der Waals surface area (Å²) in [6, 6.07) is 16.1. The molecule has 0 radical (unpaired) electrons. The average Bonchev–Trinajstić information content (AvgIpc) is 2.93. The van der Waals surface area contributed by atoms with Gasteiger partial charge in [0.1, 0.15) is 5.75 Å². The zero-order valence-corrected chi connectivity index (χ0v) is 15.8. The number of fused-ring (bicyclic) bond motifs is 5. The molecule has 2 saturated carbocycles. The Kier molecular flexibility index (Phi) is 3.79. The summed E-state index contributed by atoms with van der Waals surface area (Å²) in [7, 11) is 0. The fourth-order valence-electron chi connectivity index (χ4n) is 6.12. The molecule has 3 aliphatic rings. The summed E-state index contributed by atoms with van der Waals surface area (Å²) >= 11 is 0. The minimum absolute atomic E-state index is 0.198. The predicted molar refractivity (Wildman–Crippen MR) is 108 cm³/mol. The van der Waals surface area contributed by atoms with Gasteiger partial charge in [0, 0.05) is 5.41 Å². The van der Waals surface area contributed by atoms with E-state index in [0.717, 1.165) is 43.2 Å². The lowest BCUT2D eigenvalue weighted by molar-refractivity contribution is -0.127. The molecule has 0 unspecified atom stereocenters. The van der Waals surface area contributed by atoms with Gasteiger partial charge < -0.3 is 5.11 Å². The number of carbonyl (C=O) groups excluding carboxylic acids is 1. The molecular formula is C25H26O2. The normalized spacial score (nSPS) is 33.4. The summed E-state index contributed by atoms with van der Waals surface area (Å²) in [4.78, 5) is 13.3. The van der Waals surface area contributed by atoms with Gasteiger partial charge in [-0.1, -0.05) is 43.3 Å². The lowest BCUT2D eigenvalue weighted by atomic mass is 9.55. The zero-order valence-electron chi connectivity index (χ0n) is 15.8. The van der Waals surface area contributed by atoms with Crippen molar-refractivity contribution < 1.29 is 9.90 Å². The van der Waals surface area contributed by atoms with E-state index in [1.165, 1.54) is 11.1 Å². The molecule has 0 aliphatic heterocycles. The van der Waals surface area contributed by atoms with Gasteiger partial charge in [0.2, 0.25) is 0 Å². The van der Waals surface area contributed by atoms with Crippen molar-refractivity contribution in [2.24, 2.45) is 17.3 Å². The number of Topliss-reactive ketones (excluding diaryl/α,β-unsaturated/α-hetero) is 1. The van der Waals surface area contributed by atoms with Crippen LogP contribution < -0.4 is 0 Å². The Bertz CT molecular complexity index is 927. The Balaban J connectivity index is 1.50. The summed E-state index contributed by atoms with van der Waals surface area (Å²) in [5.74, 6) is 2.31. The molecule has 138 valence electrons. The number of phenols is 1. The molecule has 0 amide bonds. The molecule has 0 bridgehead atoms. The van der Waals surface area contributed by atoms with Gasteiger partial charge in [-0.05, 0) is 90.3 Å². The number of aromatic hydroxyl groups is 1. The lowest BCUT2D eigenvalue weighted by Crippen LogP contribution is -2.42. The standard InChI is InChI=1S/C25H26O2/c1-25-12-11-21-20-10-8-19(26)14-17(20)7-9-22(21)23(25)15-18(24(25)27)13-16-5-3-2-4-6-16/h2-6,8,10,13-14,21-23,26H,7,9,11-12,15H2,1H3/b18-13-/t21-,22-,23+,25+/m1/s1. The Morgan fingerprint density at radius 2 is 1.93 bits per heavy atom. The van der Waals surface area contributed by atoms with Gasteiger partial charge in [0.05, 0.1) is 0 Å². The number of ketones is 1. The van der Waals surface area contributed by atoms with Gasteiger partial charge in [-0.15, -0.1) is 0 Å². The van der Waals surface area contributed by atoms with Crippen LogP contribution in [0.3, 0.4) is 0 Å². The van der Waals surface area contributed by atoms with Gasteiger partial charge in [0.15, 0.2) is 5.78 Å². The lowest BCUT2D eigenvalue weighted by Gasteiger charge is -2.48. The van der Waals surface area contributed by atoms with Crippen LogP contribution in [0.5, 0.6) is 5.75 Å². The van der Waals surface area contributed by atoms with Gasteiger partial charge in [0.25, 0.3) is 0 Å². The van der Waals surface area contributed by atoms with Crippen molar-refractivity contribution in [2.75, 3.05) is 0 Å². The molecule has 2 heteroatoms. The highest BCUT2D eigenvalue weighted by Crippen LogP contribution is 2.60. The van der Waals surface area contributed by atoms with Crippen LogP contribution in [-0.4, -0.2) is 10.9 Å². The van der Waals surface area contributed by atoms with E-state index in [-0.39, 0.29) is 5.41 Å². The highest BCUT2D eigenvalue weighted by atomic mass is 16.3. The molecule has 0 aromatic heterocycles. The Morgan fingerprint density at radius 3 is 2.74 bits per heavy atom. The minimum atomic E-state index is -0.198. The maximum atomic E-state index is 13.3. The van der Waals surface area contributed by atoms with E-state index in [0.29, 0.717) is 29.3 Å². The first-order valence-electron chi connectivity index (χ1n) is 10.2. The SMILES string of the molecule is C[C@]12CC[C@@H]3c4ccc(O)cc4CC[C@H]3[C@@H]1C/C(=C/c1ccccc1)C2=O. The first kappa shape index (κ1) is 16.8. The highest BCUT2D eigenvalue weighted by Gasteiger charge is 2.56. The van der Waals surface area contributed by atoms with Crippen LogP contribution >= 0.6 is 0 Å². The van der Waals surface area contributed by atoms with Crippen LogP contribution in [0.2, 0.25) is 0 Å². The van der Waals surface area contributed by atoms with Crippen molar-refractivity contribution in [3.8, 4) is 5.75 Å². The van der Waals surface area contributed by atoms with Crippen molar-refractivity contribution in [3.05, 3.63) is 70.8 Å². The van der Waals surface area contributed by atoms with Gasteiger partial charge in [-0.25, -0.2) is 0 Å². The maximum Gasteiger partial charge on any atom is 0.165 e.